The Morgan fingerprint density at radius 3 is 2.51 bits per heavy atom. The Morgan fingerprint density at radius 2 is 1.73 bits per heavy atom. The van der Waals surface area contributed by atoms with E-state index in [1.54, 1.807) is 18.4 Å². The highest BCUT2D eigenvalue weighted by Gasteiger charge is 2.24. The van der Waals surface area contributed by atoms with Crippen LogP contribution in [0.2, 0.25) is 0 Å². The zero-order valence-corrected chi connectivity index (χ0v) is 24.0. The molecule has 208 valence electrons. The average molecular weight is 615 g/mol. The normalized spacial score (nSPS) is 13.5. The third-order valence-corrected chi connectivity index (χ3v) is 7.81. The summed E-state index contributed by atoms with van der Waals surface area (Å²) in [6.07, 6.45) is 1.96. The summed E-state index contributed by atoms with van der Waals surface area (Å²) in [6.45, 7) is 3.20. The molecule has 0 aliphatic carbocycles. The smallest absolute Gasteiger partial charge is 0.224 e. The first-order valence-corrected chi connectivity index (χ1v) is 14.4. The van der Waals surface area contributed by atoms with Crippen molar-refractivity contribution in [2.45, 2.75) is 13.0 Å². The van der Waals surface area contributed by atoms with Crippen LogP contribution in [0.1, 0.15) is 12.2 Å². The van der Waals surface area contributed by atoms with Crippen LogP contribution >= 0.6 is 15.9 Å². The Labute approximate surface area is 246 Å². The molecular weight excluding hydrogens is 585 g/mol. The number of piperazine rings is 1. The van der Waals surface area contributed by atoms with Crippen LogP contribution in [0.25, 0.3) is 22.3 Å². The van der Waals surface area contributed by atoms with E-state index in [2.05, 4.69) is 20.8 Å². The molecule has 1 saturated heterocycles. The van der Waals surface area contributed by atoms with Crippen LogP contribution < -0.4 is 9.80 Å². The Hall–Kier alpha value is -4.24. The minimum absolute atomic E-state index is 0.0632. The number of fused-ring (bicyclic) bond motifs is 1. The van der Waals surface area contributed by atoms with Gasteiger partial charge in [-0.15, -0.1) is 0 Å². The molecule has 3 heterocycles. The SMILES string of the molecule is O=C(CCN(Cc1ccco1)c1nc(-c2cccc(Br)c2)nc2ccccc12)N1CCN(c2ccccc2F)CC1. The molecule has 1 aliphatic heterocycles. The van der Waals surface area contributed by atoms with Crippen molar-refractivity contribution >= 4 is 44.2 Å². The summed E-state index contributed by atoms with van der Waals surface area (Å²) >= 11 is 3.55. The molecule has 0 N–H and O–H groups in total. The largest absolute Gasteiger partial charge is 0.467 e. The van der Waals surface area contributed by atoms with Gasteiger partial charge in [-0.25, -0.2) is 14.4 Å². The molecule has 9 heteroatoms. The fourth-order valence-electron chi connectivity index (χ4n) is 5.20. The number of nitrogens with zero attached hydrogens (tertiary/aromatic N) is 5. The molecule has 1 aliphatic rings. The van der Waals surface area contributed by atoms with Gasteiger partial charge in [0.25, 0.3) is 0 Å². The second-order valence-electron chi connectivity index (χ2n) is 9.97. The van der Waals surface area contributed by atoms with Crippen LogP contribution in [-0.2, 0) is 11.3 Å². The fraction of sp³-hybridized carbons (Fsp3) is 0.219. The van der Waals surface area contributed by atoms with Crippen molar-refractivity contribution in [2.75, 3.05) is 42.5 Å². The van der Waals surface area contributed by atoms with E-state index in [1.165, 1.54) is 6.07 Å². The Bertz CT molecular complexity index is 1650. The van der Waals surface area contributed by atoms with Crippen LogP contribution in [0, 0.1) is 5.82 Å². The lowest BCUT2D eigenvalue weighted by molar-refractivity contribution is -0.131. The van der Waals surface area contributed by atoms with Gasteiger partial charge in [0.15, 0.2) is 5.82 Å². The maximum atomic E-state index is 14.3. The number of amides is 1. The highest BCUT2D eigenvalue weighted by Crippen LogP contribution is 2.30. The van der Waals surface area contributed by atoms with Crippen molar-refractivity contribution < 1.29 is 13.6 Å². The van der Waals surface area contributed by atoms with Gasteiger partial charge in [-0.3, -0.25) is 4.79 Å². The number of carbonyl (C=O) groups excluding carboxylic acids is 1. The highest BCUT2D eigenvalue weighted by molar-refractivity contribution is 9.10. The number of para-hydroxylation sites is 2. The van der Waals surface area contributed by atoms with E-state index in [9.17, 15) is 9.18 Å². The van der Waals surface area contributed by atoms with Gasteiger partial charge in [0.2, 0.25) is 5.91 Å². The molecular formula is C32H29BrFN5O2. The number of halogens is 2. The number of aromatic nitrogens is 2. The van der Waals surface area contributed by atoms with Gasteiger partial charge in [-0.05, 0) is 48.5 Å². The summed E-state index contributed by atoms with van der Waals surface area (Å²) in [5, 5.41) is 0.906. The summed E-state index contributed by atoms with van der Waals surface area (Å²) in [7, 11) is 0. The van der Waals surface area contributed by atoms with E-state index in [0.29, 0.717) is 57.2 Å². The molecule has 41 heavy (non-hydrogen) atoms. The molecule has 2 aromatic heterocycles. The number of hydrogen-bond donors (Lipinski definition) is 0. The van der Waals surface area contributed by atoms with Crippen LogP contribution in [0.4, 0.5) is 15.9 Å². The minimum atomic E-state index is -0.236. The number of hydrogen-bond acceptors (Lipinski definition) is 6. The standard InChI is InChI=1S/C32H29BrFN5O2/c33-24-8-5-7-23(21-24)31-35-28-12-3-1-10-26(28)32(36-31)39(22-25-9-6-20-41-25)15-14-30(40)38-18-16-37(17-19-38)29-13-4-2-11-27(29)34/h1-13,20-21H,14-19,22H2. The number of carbonyl (C=O) groups is 1. The first-order valence-electron chi connectivity index (χ1n) is 13.6. The second kappa shape index (κ2) is 12.1. The second-order valence-corrected chi connectivity index (χ2v) is 10.9. The van der Waals surface area contributed by atoms with Gasteiger partial charge < -0.3 is 19.1 Å². The Balaban J connectivity index is 1.24. The lowest BCUT2D eigenvalue weighted by Gasteiger charge is -2.36. The molecule has 0 atom stereocenters. The van der Waals surface area contributed by atoms with E-state index in [0.717, 1.165) is 32.5 Å². The average Bonchev–Trinajstić information content (AvgIpc) is 3.52. The maximum absolute atomic E-state index is 14.3. The predicted octanol–water partition coefficient (Wildman–Crippen LogP) is 6.54. The van der Waals surface area contributed by atoms with Crippen LogP contribution in [0.5, 0.6) is 0 Å². The zero-order valence-electron chi connectivity index (χ0n) is 22.4. The molecule has 5 aromatic rings. The van der Waals surface area contributed by atoms with E-state index in [1.807, 2.05) is 76.5 Å². The lowest BCUT2D eigenvalue weighted by atomic mass is 10.1. The van der Waals surface area contributed by atoms with E-state index < -0.39 is 0 Å². The molecule has 0 unspecified atom stereocenters. The van der Waals surface area contributed by atoms with Gasteiger partial charge in [-0.1, -0.05) is 52.3 Å². The summed E-state index contributed by atoms with van der Waals surface area (Å²) in [4.78, 5) is 29.2. The van der Waals surface area contributed by atoms with Crippen LogP contribution in [0.15, 0.2) is 100 Å². The van der Waals surface area contributed by atoms with Gasteiger partial charge in [0, 0.05) is 54.6 Å². The molecule has 1 amide bonds. The van der Waals surface area contributed by atoms with E-state index >= 15 is 0 Å². The first-order chi connectivity index (χ1) is 20.0. The number of furan rings is 1. The Morgan fingerprint density at radius 1 is 0.927 bits per heavy atom. The molecule has 3 aromatic carbocycles. The van der Waals surface area contributed by atoms with Crippen molar-refractivity contribution in [3.8, 4) is 11.4 Å². The summed E-state index contributed by atoms with van der Waals surface area (Å²) < 4.78 is 20.9. The predicted molar refractivity (Wildman–Crippen MR) is 162 cm³/mol. The molecule has 0 saturated carbocycles. The molecule has 0 bridgehead atoms. The van der Waals surface area contributed by atoms with Gasteiger partial charge >= 0.3 is 0 Å². The number of anilines is 2. The van der Waals surface area contributed by atoms with Crippen molar-refractivity contribution in [2.24, 2.45) is 0 Å². The quantitative estimate of drug-likeness (QED) is 0.198. The van der Waals surface area contributed by atoms with Gasteiger partial charge in [0.1, 0.15) is 17.4 Å². The first kappa shape index (κ1) is 27.0. The van der Waals surface area contributed by atoms with E-state index in [4.69, 9.17) is 14.4 Å². The maximum Gasteiger partial charge on any atom is 0.224 e. The lowest BCUT2D eigenvalue weighted by Crippen LogP contribution is -2.49. The van der Waals surface area contributed by atoms with Crippen molar-refractivity contribution in [1.29, 1.82) is 0 Å². The van der Waals surface area contributed by atoms with Crippen LogP contribution in [-0.4, -0.2) is 53.5 Å². The monoisotopic (exact) mass is 613 g/mol. The summed E-state index contributed by atoms with van der Waals surface area (Å²) in [5.74, 6) is 1.97. The van der Waals surface area contributed by atoms with Crippen molar-refractivity contribution in [1.82, 2.24) is 14.9 Å². The van der Waals surface area contributed by atoms with Crippen molar-refractivity contribution in [3.63, 3.8) is 0 Å². The van der Waals surface area contributed by atoms with E-state index in [-0.39, 0.29) is 11.7 Å². The Kier molecular flexibility index (Phi) is 7.95. The third kappa shape index (κ3) is 6.10. The highest BCUT2D eigenvalue weighted by atomic mass is 79.9. The third-order valence-electron chi connectivity index (χ3n) is 7.31. The summed E-state index contributed by atoms with van der Waals surface area (Å²) in [5.41, 5.74) is 2.31. The molecule has 0 radical (unpaired) electrons. The molecule has 1 fully saturated rings. The molecule has 6 rings (SSSR count). The van der Waals surface area contributed by atoms with Crippen LogP contribution in [0.3, 0.4) is 0 Å². The van der Waals surface area contributed by atoms with Crippen molar-refractivity contribution in [3.05, 3.63) is 107 Å². The van der Waals surface area contributed by atoms with Gasteiger partial charge in [-0.2, -0.15) is 0 Å². The minimum Gasteiger partial charge on any atom is -0.467 e. The number of rotatable bonds is 8. The molecule has 0 spiro atoms. The summed E-state index contributed by atoms with van der Waals surface area (Å²) in [6, 6.07) is 26.4. The topological polar surface area (TPSA) is 65.7 Å². The number of benzene rings is 3. The fourth-order valence-corrected chi connectivity index (χ4v) is 5.60. The van der Waals surface area contributed by atoms with Gasteiger partial charge in [0.05, 0.1) is 24.0 Å². The zero-order chi connectivity index (χ0) is 28.2. The molecule has 7 nitrogen and oxygen atoms in total.